The Labute approximate surface area is 168 Å². The number of nitrogens with zero attached hydrogens (tertiary/aromatic N) is 2. The van der Waals surface area contributed by atoms with Crippen LogP contribution in [0.5, 0.6) is 11.5 Å². The van der Waals surface area contributed by atoms with Gasteiger partial charge in [-0.3, -0.25) is 0 Å². The minimum atomic E-state index is -0.347. The minimum Gasteiger partial charge on any atom is -0.455 e. The summed E-state index contributed by atoms with van der Waals surface area (Å²) in [6.07, 6.45) is 0. The Morgan fingerprint density at radius 2 is 1.45 bits per heavy atom. The molecule has 0 spiro atoms. The number of halogens is 1. The molecular formula is C23H19FN4O. The van der Waals surface area contributed by atoms with Crippen molar-refractivity contribution in [3.8, 4) is 11.5 Å². The van der Waals surface area contributed by atoms with Crippen molar-refractivity contribution in [2.45, 2.75) is 6.92 Å². The van der Waals surface area contributed by atoms with Crippen molar-refractivity contribution in [3.05, 3.63) is 96.4 Å². The van der Waals surface area contributed by atoms with Gasteiger partial charge < -0.3 is 15.4 Å². The average Bonchev–Trinajstić information content (AvgIpc) is 2.72. The van der Waals surface area contributed by atoms with E-state index in [-0.39, 0.29) is 5.82 Å². The molecule has 0 aliphatic rings. The number of hydrogen-bond acceptors (Lipinski definition) is 5. The van der Waals surface area contributed by atoms with E-state index in [1.165, 1.54) is 6.07 Å². The molecular weight excluding hydrogens is 367 g/mol. The molecule has 0 bridgehead atoms. The Hall–Kier alpha value is -3.93. The number of ether oxygens (including phenoxy) is 1. The molecule has 6 heteroatoms. The Balaban J connectivity index is 1.59. The van der Waals surface area contributed by atoms with E-state index >= 15 is 0 Å². The van der Waals surface area contributed by atoms with E-state index in [4.69, 9.17) is 4.74 Å². The summed E-state index contributed by atoms with van der Waals surface area (Å²) in [7, 11) is 0. The second-order valence-corrected chi connectivity index (χ2v) is 6.36. The molecule has 0 atom stereocenters. The standard InChI is InChI=1S/C23H19FN4O/c1-16-15-22(26-19-12-6-5-11-18(19)24)28-23(25-16)27-20-13-7-8-14-21(20)29-17-9-3-2-4-10-17/h2-15H,1H3,(H2,25,26,27,28). The normalized spacial score (nSPS) is 10.4. The number of hydrogen-bond donors (Lipinski definition) is 2. The van der Waals surface area contributed by atoms with Gasteiger partial charge >= 0.3 is 0 Å². The van der Waals surface area contributed by atoms with Gasteiger partial charge in [0.05, 0.1) is 11.4 Å². The van der Waals surface area contributed by atoms with Crippen molar-refractivity contribution >= 4 is 23.1 Å². The van der Waals surface area contributed by atoms with Gasteiger partial charge in [0, 0.05) is 11.8 Å². The van der Waals surface area contributed by atoms with Gasteiger partial charge in [-0.25, -0.2) is 9.37 Å². The van der Waals surface area contributed by atoms with E-state index in [2.05, 4.69) is 20.6 Å². The summed E-state index contributed by atoms with van der Waals surface area (Å²) in [6.45, 7) is 1.85. The number of aromatic nitrogens is 2. The monoisotopic (exact) mass is 386 g/mol. The minimum absolute atomic E-state index is 0.347. The summed E-state index contributed by atoms with van der Waals surface area (Å²) in [5, 5.41) is 6.19. The summed E-state index contributed by atoms with van der Waals surface area (Å²) in [5.41, 5.74) is 1.81. The molecule has 4 rings (SSSR count). The summed E-state index contributed by atoms with van der Waals surface area (Å²) < 4.78 is 19.9. The lowest BCUT2D eigenvalue weighted by Crippen LogP contribution is -2.04. The Morgan fingerprint density at radius 3 is 2.24 bits per heavy atom. The van der Waals surface area contributed by atoms with Crippen LogP contribution in [0.15, 0.2) is 84.9 Å². The molecule has 0 amide bonds. The summed E-state index contributed by atoms with van der Waals surface area (Å²) in [6, 6.07) is 25.3. The van der Waals surface area contributed by atoms with Crippen molar-refractivity contribution in [2.24, 2.45) is 0 Å². The van der Waals surface area contributed by atoms with Gasteiger partial charge in [-0.2, -0.15) is 4.98 Å². The fraction of sp³-hybridized carbons (Fsp3) is 0.0435. The third-order valence-electron chi connectivity index (χ3n) is 4.10. The lowest BCUT2D eigenvalue weighted by Gasteiger charge is -2.13. The molecule has 0 unspecified atom stereocenters. The van der Waals surface area contributed by atoms with Crippen molar-refractivity contribution in [3.63, 3.8) is 0 Å². The van der Waals surface area contributed by atoms with Crippen LogP contribution in [-0.2, 0) is 0 Å². The Morgan fingerprint density at radius 1 is 0.759 bits per heavy atom. The zero-order valence-corrected chi connectivity index (χ0v) is 15.8. The summed E-state index contributed by atoms with van der Waals surface area (Å²) in [5.74, 6) is 1.90. The fourth-order valence-corrected chi connectivity index (χ4v) is 2.78. The van der Waals surface area contributed by atoms with Crippen LogP contribution in [0.25, 0.3) is 0 Å². The molecule has 2 N–H and O–H groups in total. The van der Waals surface area contributed by atoms with Crippen molar-refractivity contribution < 1.29 is 9.13 Å². The van der Waals surface area contributed by atoms with Crippen LogP contribution in [-0.4, -0.2) is 9.97 Å². The van der Waals surface area contributed by atoms with Gasteiger partial charge in [0.15, 0.2) is 5.75 Å². The first-order chi connectivity index (χ1) is 14.2. The number of rotatable bonds is 6. The smallest absolute Gasteiger partial charge is 0.229 e. The molecule has 0 aliphatic carbocycles. The van der Waals surface area contributed by atoms with Gasteiger partial charge in [0.1, 0.15) is 17.4 Å². The highest BCUT2D eigenvalue weighted by molar-refractivity contribution is 5.65. The molecule has 1 heterocycles. The maximum Gasteiger partial charge on any atom is 0.229 e. The molecule has 144 valence electrons. The van der Waals surface area contributed by atoms with E-state index in [0.29, 0.717) is 23.2 Å². The van der Waals surface area contributed by atoms with Crippen LogP contribution in [0.1, 0.15) is 5.69 Å². The zero-order chi connectivity index (χ0) is 20.1. The van der Waals surface area contributed by atoms with Crippen molar-refractivity contribution in [1.29, 1.82) is 0 Å². The van der Waals surface area contributed by atoms with Crippen LogP contribution >= 0.6 is 0 Å². The highest BCUT2D eigenvalue weighted by Gasteiger charge is 2.09. The Bertz CT molecular complexity index is 1120. The maximum absolute atomic E-state index is 13.9. The largest absolute Gasteiger partial charge is 0.455 e. The van der Waals surface area contributed by atoms with Crippen molar-refractivity contribution in [1.82, 2.24) is 9.97 Å². The zero-order valence-electron chi connectivity index (χ0n) is 15.8. The van der Waals surface area contributed by atoms with Crippen LogP contribution in [0, 0.1) is 12.7 Å². The molecule has 0 aliphatic heterocycles. The fourth-order valence-electron chi connectivity index (χ4n) is 2.78. The summed E-state index contributed by atoms with van der Waals surface area (Å²) in [4.78, 5) is 8.89. The molecule has 0 fully saturated rings. The molecule has 0 radical (unpaired) electrons. The van der Waals surface area contributed by atoms with E-state index in [1.807, 2.05) is 61.5 Å². The van der Waals surface area contributed by atoms with Gasteiger partial charge in [0.2, 0.25) is 5.95 Å². The molecule has 0 saturated carbocycles. The second kappa shape index (κ2) is 8.39. The molecule has 0 saturated heterocycles. The second-order valence-electron chi connectivity index (χ2n) is 6.36. The molecule has 29 heavy (non-hydrogen) atoms. The van der Waals surface area contributed by atoms with E-state index < -0.39 is 0 Å². The molecule has 3 aromatic carbocycles. The van der Waals surface area contributed by atoms with E-state index in [1.54, 1.807) is 24.3 Å². The van der Waals surface area contributed by atoms with E-state index in [0.717, 1.165) is 17.1 Å². The molecule has 1 aromatic heterocycles. The first kappa shape index (κ1) is 18.4. The van der Waals surface area contributed by atoms with Crippen LogP contribution < -0.4 is 15.4 Å². The van der Waals surface area contributed by atoms with Gasteiger partial charge in [-0.15, -0.1) is 0 Å². The van der Waals surface area contributed by atoms with Gasteiger partial charge in [-0.1, -0.05) is 42.5 Å². The summed E-state index contributed by atoms with van der Waals surface area (Å²) >= 11 is 0. The molecule has 4 aromatic rings. The average molecular weight is 386 g/mol. The van der Waals surface area contributed by atoms with Crippen LogP contribution in [0.2, 0.25) is 0 Å². The number of para-hydroxylation sites is 4. The first-order valence-electron chi connectivity index (χ1n) is 9.13. The predicted molar refractivity (Wildman–Crippen MR) is 113 cm³/mol. The number of benzene rings is 3. The topological polar surface area (TPSA) is 59.1 Å². The third-order valence-corrected chi connectivity index (χ3v) is 4.10. The predicted octanol–water partition coefficient (Wildman–Crippen LogP) is 6.20. The van der Waals surface area contributed by atoms with Crippen molar-refractivity contribution in [2.75, 3.05) is 10.6 Å². The third kappa shape index (κ3) is 4.68. The maximum atomic E-state index is 13.9. The molecule has 5 nitrogen and oxygen atoms in total. The van der Waals surface area contributed by atoms with E-state index in [9.17, 15) is 4.39 Å². The van der Waals surface area contributed by atoms with Crippen LogP contribution in [0.3, 0.4) is 0 Å². The lowest BCUT2D eigenvalue weighted by molar-refractivity contribution is 0.485. The highest BCUT2D eigenvalue weighted by atomic mass is 19.1. The Kier molecular flexibility index (Phi) is 5.33. The SMILES string of the molecule is Cc1cc(Nc2ccccc2F)nc(Nc2ccccc2Oc2ccccc2)n1. The van der Waals surface area contributed by atoms with Gasteiger partial charge in [-0.05, 0) is 43.3 Å². The quantitative estimate of drug-likeness (QED) is 0.413. The number of aryl methyl sites for hydroxylation is 1. The number of anilines is 4. The van der Waals surface area contributed by atoms with Gasteiger partial charge in [0.25, 0.3) is 0 Å². The lowest BCUT2D eigenvalue weighted by atomic mass is 10.3. The number of nitrogens with one attached hydrogen (secondary N) is 2. The highest BCUT2D eigenvalue weighted by Crippen LogP contribution is 2.31. The van der Waals surface area contributed by atoms with Crippen LogP contribution in [0.4, 0.5) is 27.5 Å². The first-order valence-corrected chi connectivity index (χ1v) is 9.13.